The van der Waals surface area contributed by atoms with Crippen LogP contribution in [-0.2, 0) is 5.41 Å². The SMILES string of the molecule is c1ccc(-c2nc(-c3ccc4c(c3)C(c3ccccc3)(c3ccccc3)c3ccccc3-4)nc(-n3c4ccccc4c4ccc5c6ccccc6n(-c6ccccc6-c6ccc7c8ccccc8c8ccccc8c7c6)c5c43)n2)cc1. The monoisotopic (exact) mass is 1030 g/mol. The Balaban J connectivity index is 0.940. The van der Waals surface area contributed by atoms with Gasteiger partial charge in [0.1, 0.15) is 0 Å². The van der Waals surface area contributed by atoms with Crippen molar-refractivity contribution in [1.29, 1.82) is 0 Å². The van der Waals surface area contributed by atoms with E-state index in [0.717, 1.165) is 71.6 Å². The van der Waals surface area contributed by atoms with Gasteiger partial charge in [-0.1, -0.05) is 255 Å². The lowest BCUT2D eigenvalue weighted by atomic mass is 9.67. The number of aromatic nitrogens is 5. The average molecular weight is 1030 g/mol. The molecule has 17 rings (SSSR count). The van der Waals surface area contributed by atoms with Crippen LogP contribution in [-0.4, -0.2) is 24.1 Å². The first-order chi connectivity index (χ1) is 40.2. The maximum Gasteiger partial charge on any atom is 0.238 e. The molecule has 3 aromatic heterocycles. The Morgan fingerprint density at radius 2 is 0.704 bits per heavy atom. The van der Waals surface area contributed by atoms with Crippen LogP contribution in [0.25, 0.3) is 133 Å². The zero-order valence-corrected chi connectivity index (χ0v) is 43.9. The second kappa shape index (κ2) is 17.6. The van der Waals surface area contributed by atoms with Crippen molar-refractivity contribution < 1.29 is 0 Å². The van der Waals surface area contributed by atoms with Gasteiger partial charge in [0.25, 0.3) is 0 Å². The molecular formula is C76H47N5. The van der Waals surface area contributed by atoms with E-state index in [4.69, 9.17) is 15.0 Å². The van der Waals surface area contributed by atoms with Gasteiger partial charge in [-0.05, 0) is 102 Å². The van der Waals surface area contributed by atoms with Gasteiger partial charge in [0.2, 0.25) is 5.95 Å². The van der Waals surface area contributed by atoms with Gasteiger partial charge >= 0.3 is 0 Å². The van der Waals surface area contributed by atoms with Crippen LogP contribution in [0.15, 0.2) is 285 Å². The molecule has 5 heteroatoms. The van der Waals surface area contributed by atoms with Gasteiger partial charge < -0.3 is 4.57 Å². The minimum Gasteiger partial charge on any atom is -0.307 e. The molecule has 0 spiro atoms. The summed E-state index contributed by atoms with van der Waals surface area (Å²) in [4.78, 5) is 16.6. The van der Waals surface area contributed by atoms with Crippen LogP contribution >= 0.6 is 0 Å². The zero-order valence-electron chi connectivity index (χ0n) is 43.9. The fourth-order valence-electron chi connectivity index (χ4n) is 13.8. The number of rotatable bonds is 7. The molecule has 81 heavy (non-hydrogen) atoms. The zero-order chi connectivity index (χ0) is 53.2. The molecule has 0 bridgehead atoms. The van der Waals surface area contributed by atoms with Crippen LogP contribution in [0.4, 0.5) is 0 Å². The molecule has 0 atom stereocenters. The van der Waals surface area contributed by atoms with E-state index in [9.17, 15) is 0 Å². The third kappa shape index (κ3) is 6.58. The first-order valence-electron chi connectivity index (χ1n) is 27.8. The van der Waals surface area contributed by atoms with Crippen molar-refractivity contribution in [3.8, 4) is 56.7 Å². The predicted molar refractivity (Wildman–Crippen MR) is 335 cm³/mol. The summed E-state index contributed by atoms with van der Waals surface area (Å²) in [5.41, 5.74) is 16.1. The van der Waals surface area contributed by atoms with Crippen molar-refractivity contribution in [1.82, 2.24) is 24.1 Å². The summed E-state index contributed by atoms with van der Waals surface area (Å²) in [6.45, 7) is 0. The summed E-state index contributed by atoms with van der Waals surface area (Å²) >= 11 is 0. The van der Waals surface area contributed by atoms with E-state index in [2.05, 4.69) is 288 Å². The molecule has 0 saturated carbocycles. The smallest absolute Gasteiger partial charge is 0.238 e. The summed E-state index contributed by atoms with van der Waals surface area (Å²) in [7, 11) is 0. The highest BCUT2D eigenvalue weighted by atomic mass is 15.2. The first-order valence-corrected chi connectivity index (χ1v) is 27.8. The third-order valence-electron chi connectivity index (χ3n) is 17.2. The number of benzene rings is 13. The predicted octanol–water partition coefficient (Wildman–Crippen LogP) is 18.9. The van der Waals surface area contributed by atoms with E-state index < -0.39 is 5.41 Å². The summed E-state index contributed by atoms with van der Waals surface area (Å²) < 4.78 is 4.79. The molecule has 3 heterocycles. The Hall–Kier alpha value is -10.8. The van der Waals surface area contributed by atoms with Crippen molar-refractivity contribution in [3.05, 3.63) is 307 Å². The standard InChI is InChI=1S/C76H47N5/c1-4-22-48(23-5-1)73-77-74(50-41-43-60-59-33-14-18-36-66(59)76(67(60)47-50,51-24-6-2-7-25-51)52-26-8-3-9-27-52)79-75(78-73)81-70-39-21-17-35-62(70)64-45-44-63-61-34-16-20-38-69(61)80(71(63)72(64)81)68-37-19-15-28-53(68)49-40-42-58-56-31-11-10-29-54(56)55-30-12-13-32-57(55)65(58)46-49/h1-47H. The van der Waals surface area contributed by atoms with Gasteiger partial charge in [0, 0.05) is 38.2 Å². The Morgan fingerprint density at radius 3 is 1.35 bits per heavy atom. The van der Waals surface area contributed by atoms with Crippen LogP contribution in [0, 0.1) is 0 Å². The van der Waals surface area contributed by atoms with E-state index in [0.29, 0.717) is 17.6 Å². The molecule has 16 aromatic rings. The van der Waals surface area contributed by atoms with E-state index >= 15 is 0 Å². The van der Waals surface area contributed by atoms with Crippen LogP contribution in [0.5, 0.6) is 0 Å². The molecule has 0 radical (unpaired) electrons. The van der Waals surface area contributed by atoms with Crippen molar-refractivity contribution in [2.75, 3.05) is 0 Å². The van der Waals surface area contributed by atoms with Gasteiger partial charge in [-0.3, -0.25) is 4.57 Å². The Bertz CT molecular complexity index is 5160. The second-order valence-corrected chi connectivity index (χ2v) is 21.4. The molecule has 0 aliphatic heterocycles. The second-order valence-electron chi connectivity index (χ2n) is 21.4. The van der Waals surface area contributed by atoms with Crippen molar-refractivity contribution in [2.24, 2.45) is 0 Å². The Morgan fingerprint density at radius 1 is 0.259 bits per heavy atom. The summed E-state index contributed by atoms with van der Waals surface area (Å²) in [6, 6.07) is 104. The number of hydrogen-bond donors (Lipinski definition) is 0. The lowest BCUT2D eigenvalue weighted by Gasteiger charge is -2.34. The average Bonchev–Trinajstić information content (AvgIpc) is 3.80. The van der Waals surface area contributed by atoms with Crippen molar-refractivity contribution in [2.45, 2.75) is 5.41 Å². The van der Waals surface area contributed by atoms with Crippen LogP contribution < -0.4 is 0 Å². The van der Waals surface area contributed by atoms with Crippen LogP contribution in [0.2, 0.25) is 0 Å². The van der Waals surface area contributed by atoms with Gasteiger partial charge in [-0.25, -0.2) is 4.98 Å². The minimum absolute atomic E-state index is 0.539. The third-order valence-corrected chi connectivity index (χ3v) is 17.2. The van der Waals surface area contributed by atoms with Gasteiger partial charge in [0.15, 0.2) is 11.6 Å². The Labute approximate surface area is 467 Å². The van der Waals surface area contributed by atoms with Crippen LogP contribution in [0.1, 0.15) is 22.3 Å². The molecule has 13 aromatic carbocycles. The molecule has 1 aliphatic carbocycles. The van der Waals surface area contributed by atoms with Crippen LogP contribution in [0.3, 0.4) is 0 Å². The molecule has 376 valence electrons. The molecule has 0 N–H and O–H groups in total. The fourth-order valence-corrected chi connectivity index (χ4v) is 13.8. The number of fused-ring (bicyclic) bond motifs is 16. The Kier molecular flexibility index (Phi) is 9.86. The van der Waals surface area contributed by atoms with Gasteiger partial charge in [0.05, 0.1) is 33.2 Å². The van der Waals surface area contributed by atoms with E-state index in [1.54, 1.807) is 0 Å². The molecule has 0 fully saturated rings. The van der Waals surface area contributed by atoms with Gasteiger partial charge in [-0.2, -0.15) is 9.97 Å². The topological polar surface area (TPSA) is 48.5 Å². The van der Waals surface area contributed by atoms with E-state index in [1.807, 2.05) is 6.07 Å². The highest BCUT2D eigenvalue weighted by molar-refractivity contribution is 6.26. The summed E-state index contributed by atoms with van der Waals surface area (Å²) in [5.74, 6) is 1.73. The van der Waals surface area contributed by atoms with E-state index in [-0.39, 0.29) is 0 Å². The lowest BCUT2D eigenvalue weighted by Crippen LogP contribution is -2.28. The largest absolute Gasteiger partial charge is 0.307 e. The highest BCUT2D eigenvalue weighted by Gasteiger charge is 2.46. The number of para-hydroxylation sites is 3. The molecule has 0 unspecified atom stereocenters. The summed E-state index contributed by atoms with van der Waals surface area (Å²) in [6.07, 6.45) is 0. The maximum atomic E-state index is 5.67. The lowest BCUT2D eigenvalue weighted by molar-refractivity contribution is 0.768. The molecule has 5 nitrogen and oxygen atoms in total. The summed E-state index contributed by atoms with van der Waals surface area (Å²) in [5, 5.41) is 12.0. The molecule has 0 amide bonds. The minimum atomic E-state index is -0.597. The first kappa shape index (κ1) is 45.3. The van der Waals surface area contributed by atoms with Crippen molar-refractivity contribution >= 4 is 75.9 Å². The normalized spacial score (nSPS) is 12.8. The number of hydrogen-bond acceptors (Lipinski definition) is 3. The molecule has 0 saturated heterocycles. The highest BCUT2D eigenvalue weighted by Crippen LogP contribution is 2.57. The molecular weight excluding hydrogens is 983 g/mol. The van der Waals surface area contributed by atoms with Gasteiger partial charge in [-0.15, -0.1) is 0 Å². The maximum absolute atomic E-state index is 5.67. The quantitative estimate of drug-likeness (QED) is 0.149. The fraction of sp³-hybridized carbons (Fsp3) is 0.0132. The van der Waals surface area contributed by atoms with E-state index in [1.165, 1.54) is 65.7 Å². The number of nitrogens with zero attached hydrogens (tertiary/aromatic N) is 5. The van der Waals surface area contributed by atoms with Crippen molar-refractivity contribution in [3.63, 3.8) is 0 Å². The molecule has 1 aliphatic rings.